The lowest BCUT2D eigenvalue weighted by Crippen LogP contribution is -2.25. The fourth-order valence-electron chi connectivity index (χ4n) is 5.69. The minimum absolute atomic E-state index is 0.105. The quantitative estimate of drug-likeness (QED) is 0.171. The number of aliphatic hydroxyl groups excluding tert-OH is 1. The van der Waals surface area contributed by atoms with Crippen molar-refractivity contribution in [1.29, 1.82) is 0 Å². The number of fused-ring (bicyclic) bond motifs is 2. The number of halogens is 3. The summed E-state index contributed by atoms with van der Waals surface area (Å²) in [6.07, 6.45) is 1.60. The van der Waals surface area contributed by atoms with Crippen LogP contribution < -0.4 is 9.80 Å². The molecule has 0 unspecified atom stereocenters. The molecule has 2 aromatic carbocycles. The summed E-state index contributed by atoms with van der Waals surface area (Å²) in [7, 11) is 7.52. The summed E-state index contributed by atoms with van der Waals surface area (Å²) in [4.78, 5) is 36.1. The minimum atomic E-state index is -5.08. The highest BCUT2D eigenvalue weighted by atomic mass is 19.4. The largest absolute Gasteiger partial charge is 0.490 e. The smallest absolute Gasteiger partial charge is 0.454 e. The predicted octanol–water partition coefficient (Wildman–Crippen LogP) is 5.44. The average molecular weight is 675 g/mol. The number of aromatic nitrogens is 6. The van der Waals surface area contributed by atoms with Gasteiger partial charge in [0.25, 0.3) is 0 Å². The van der Waals surface area contributed by atoms with E-state index in [1.807, 2.05) is 73.2 Å². The van der Waals surface area contributed by atoms with E-state index < -0.39 is 18.8 Å². The first-order chi connectivity index (χ1) is 23.4. The Morgan fingerprint density at radius 3 is 2.27 bits per heavy atom. The fourth-order valence-corrected chi connectivity index (χ4v) is 5.69. The number of anilines is 2. The Labute approximate surface area is 278 Å². The van der Waals surface area contributed by atoms with E-state index >= 15 is 0 Å². The summed E-state index contributed by atoms with van der Waals surface area (Å²) in [6.45, 7) is -0.388. The Morgan fingerprint density at radius 1 is 0.857 bits per heavy atom. The SMILES string of the molecule is CN(C)c1ncnc2[nH]cc(-c3cc(CO)cc(COCn4cc(-c5cccc(COC(=O)C(F)(F)F)c5)c5c(N(C)C)ncnc54)c3)c12. The van der Waals surface area contributed by atoms with Gasteiger partial charge in [0.05, 0.1) is 24.0 Å². The van der Waals surface area contributed by atoms with E-state index in [-0.39, 0.29) is 19.9 Å². The summed E-state index contributed by atoms with van der Waals surface area (Å²) >= 11 is 0. The number of rotatable bonds is 11. The molecular weight excluding hydrogens is 641 g/mol. The summed E-state index contributed by atoms with van der Waals surface area (Å²) in [5.41, 5.74) is 6.36. The first kappa shape index (κ1) is 33.4. The van der Waals surface area contributed by atoms with Crippen LogP contribution in [0.2, 0.25) is 0 Å². The van der Waals surface area contributed by atoms with E-state index in [2.05, 4.69) is 29.7 Å². The molecule has 0 aliphatic heterocycles. The molecule has 0 saturated carbocycles. The number of esters is 1. The van der Waals surface area contributed by atoms with Crippen molar-refractivity contribution in [2.45, 2.75) is 32.7 Å². The van der Waals surface area contributed by atoms with Crippen LogP contribution in [-0.4, -0.2) is 74.9 Å². The van der Waals surface area contributed by atoms with Gasteiger partial charge in [0.1, 0.15) is 48.9 Å². The van der Waals surface area contributed by atoms with Gasteiger partial charge in [-0.1, -0.05) is 24.3 Å². The molecular formula is C34H33F3N8O4. The second-order valence-electron chi connectivity index (χ2n) is 11.8. The first-order valence-electron chi connectivity index (χ1n) is 15.1. The molecule has 0 amide bonds. The van der Waals surface area contributed by atoms with Gasteiger partial charge in [-0.3, -0.25) is 0 Å². The summed E-state index contributed by atoms with van der Waals surface area (Å²) in [5.74, 6) is -0.858. The van der Waals surface area contributed by atoms with Crippen molar-refractivity contribution in [2.75, 3.05) is 38.0 Å². The molecule has 6 aromatic rings. The maximum absolute atomic E-state index is 12.7. The van der Waals surface area contributed by atoms with Gasteiger partial charge in [-0.2, -0.15) is 13.2 Å². The number of benzene rings is 2. The van der Waals surface area contributed by atoms with Gasteiger partial charge >= 0.3 is 12.1 Å². The van der Waals surface area contributed by atoms with Crippen LogP contribution in [0.4, 0.5) is 24.8 Å². The average Bonchev–Trinajstić information content (AvgIpc) is 3.69. The highest BCUT2D eigenvalue weighted by Crippen LogP contribution is 2.36. The molecule has 4 aromatic heterocycles. The van der Waals surface area contributed by atoms with Crippen molar-refractivity contribution < 1.29 is 32.5 Å². The number of carbonyl (C=O) groups excluding carboxylic acids is 1. The molecule has 0 spiro atoms. The Balaban J connectivity index is 1.29. The van der Waals surface area contributed by atoms with Crippen LogP contribution in [0.3, 0.4) is 0 Å². The summed E-state index contributed by atoms with van der Waals surface area (Å²) in [5, 5.41) is 11.7. The minimum Gasteiger partial charge on any atom is -0.454 e. The van der Waals surface area contributed by atoms with Crippen LogP contribution >= 0.6 is 0 Å². The predicted molar refractivity (Wildman–Crippen MR) is 178 cm³/mol. The van der Waals surface area contributed by atoms with E-state index in [0.717, 1.165) is 33.5 Å². The molecule has 49 heavy (non-hydrogen) atoms. The van der Waals surface area contributed by atoms with Gasteiger partial charge < -0.3 is 33.9 Å². The third kappa shape index (κ3) is 6.89. The third-order valence-electron chi connectivity index (χ3n) is 7.82. The third-order valence-corrected chi connectivity index (χ3v) is 7.82. The van der Waals surface area contributed by atoms with Crippen LogP contribution in [0.25, 0.3) is 44.3 Å². The van der Waals surface area contributed by atoms with Gasteiger partial charge in [0.15, 0.2) is 0 Å². The number of H-pyrrole nitrogens is 1. The van der Waals surface area contributed by atoms with Gasteiger partial charge in [0, 0.05) is 51.7 Å². The zero-order valence-electron chi connectivity index (χ0n) is 27.1. The van der Waals surface area contributed by atoms with E-state index in [1.54, 1.807) is 24.3 Å². The number of nitrogens with zero attached hydrogens (tertiary/aromatic N) is 7. The van der Waals surface area contributed by atoms with Crippen molar-refractivity contribution in [2.24, 2.45) is 0 Å². The molecule has 6 rings (SSSR count). The molecule has 0 saturated heterocycles. The van der Waals surface area contributed by atoms with Crippen LogP contribution in [0.5, 0.6) is 0 Å². The fraction of sp³-hybridized carbons (Fsp3) is 0.265. The molecule has 0 atom stereocenters. The second kappa shape index (κ2) is 13.5. The number of aromatic amines is 1. The van der Waals surface area contributed by atoms with Gasteiger partial charge in [-0.05, 0) is 46.0 Å². The Morgan fingerprint density at radius 2 is 1.55 bits per heavy atom. The van der Waals surface area contributed by atoms with E-state index in [1.165, 1.54) is 12.7 Å². The lowest BCUT2D eigenvalue weighted by atomic mass is 10.00. The molecule has 254 valence electrons. The van der Waals surface area contributed by atoms with Crippen LogP contribution in [0, 0.1) is 0 Å². The molecule has 4 heterocycles. The first-order valence-corrected chi connectivity index (χ1v) is 15.1. The Hall–Kier alpha value is -5.54. The lowest BCUT2D eigenvalue weighted by molar-refractivity contribution is -0.201. The van der Waals surface area contributed by atoms with E-state index in [9.17, 15) is 23.1 Å². The monoisotopic (exact) mass is 674 g/mol. The Kier molecular flexibility index (Phi) is 9.21. The number of hydrogen-bond acceptors (Lipinski definition) is 10. The maximum Gasteiger partial charge on any atom is 0.490 e. The zero-order valence-corrected chi connectivity index (χ0v) is 27.1. The van der Waals surface area contributed by atoms with Crippen LogP contribution in [0.15, 0.2) is 67.5 Å². The highest BCUT2D eigenvalue weighted by Gasteiger charge is 2.40. The topological polar surface area (TPSA) is 135 Å². The molecule has 15 heteroatoms. The van der Waals surface area contributed by atoms with Crippen molar-refractivity contribution in [3.8, 4) is 22.3 Å². The molecule has 0 radical (unpaired) electrons. The number of hydrogen-bond donors (Lipinski definition) is 2. The lowest BCUT2D eigenvalue weighted by Gasteiger charge is -2.14. The van der Waals surface area contributed by atoms with Crippen molar-refractivity contribution in [3.05, 3.63) is 84.2 Å². The number of alkyl halides is 3. The molecule has 2 N–H and O–H groups in total. The normalized spacial score (nSPS) is 11.8. The van der Waals surface area contributed by atoms with Gasteiger partial charge in [-0.25, -0.2) is 24.7 Å². The number of carbonyl (C=O) groups is 1. The number of ether oxygens (including phenoxy) is 2. The van der Waals surface area contributed by atoms with Crippen molar-refractivity contribution >= 4 is 39.7 Å². The summed E-state index contributed by atoms with van der Waals surface area (Å²) in [6, 6.07) is 12.5. The summed E-state index contributed by atoms with van der Waals surface area (Å²) < 4.78 is 50.6. The molecule has 12 nitrogen and oxygen atoms in total. The highest BCUT2D eigenvalue weighted by molar-refractivity contribution is 6.02. The van der Waals surface area contributed by atoms with Crippen molar-refractivity contribution in [3.63, 3.8) is 0 Å². The number of aliphatic hydroxyl groups is 1. The zero-order chi connectivity index (χ0) is 34.9. The van der Waals surface area contributed by atoms with Gasteiger partial charge in [-0.15, -0.1) is 0 Å². The van der Waals surface area contributed by atoms with E-state index in [0.29, 0.717) is 39.2 Å². The molecule has 0 aliphatic rings. The number of nitrogens with one attached hydrogen (secondary N) is 1. The second-order valence-corrected chi connectivity index (χ2v) is 11.8. The molecule has 0 bridgehead atoms. The van der Waals surface area contributed by atoms with E-state index in [4.69, 9.17) is 4.74 Å². The standard InChI is InChI=1S/C34H33F3N8O4/c1-43(2)30-27-25(12-38-29(27)39-17-40-30)24-10-21(14-46)8-22(11-24)15-48-19-45-13-26(28-31(44(3)4)41-18-42-32(28)45)23-7-5-6-20(9-23)16-49-33(47)34(35,36)37/h5-13,17-18,46H,14-16,19H2,1-4H3,(H,38,39,40). The van der Waals surface area contributed by atoms with Crippen LogP contribution in [0.1, 0.15) is 16.7 Å². The maximum atomic E-state index is 12.7. The van der Waals surface area contributed by atoms with Gasteiger partial charge in [0.2, 0.25) is 0 Å². The van der Waals surface area contributed by atoms with Crippen molar-refractivity contribution in [1.82, 2.24) is 29.5 Å². The molecule has 0 aliphatic carbocycles. The Bertz CT molecular complexity index is 2140. The van der Waals surface area contributed by atoms with Crippen LogP contribution in [-0.2, 0) is 40.8 Å². The molecule has 0 fully saturated rings.